The summed E-state index contributed by atoms with van der Waals surface area (Å²) in [4.78, 5) is 31.8. The molecule has 4 rings (SSSR count). The van der Waals surface area contributed by atoms with Crippen molar-refractivity contribution in [2.45, 2.75) is 33.6 Å². The molecule has 0 unspecified atom stereocenters. The normalized spacial score (nSPS) is 15.2. The Kier molecular flexibility index (Phi) is 6.34. The molecule has 1 aromatic heterocycles. The maximum atomic E-state index is 12.7. The van der Waals surface area contributed by atoms with Crippen LogP contribution < -0.4 is 10.6 Å². The summed E-state index contributed by atoms with van der Waals surface area (Å²) < 4.78 is 1.08. The van der Waals surface area contributed by atoms with Crippen LogP contribution in [-0.2, 0) is 9.59 Å². The maximum Gasteiger partial charge on any atom is 0.238 e. The molecule has 7 heteroatoms. The Bertz CT molecular complexity index is 1100. The number of hydrogen-bond acceptors (Lipinski definition) is 5. The number of carbonyl (C=O) groups excluding carboxylic acids is 2. The molecule has 2 N–H and O–H groups in total. The standard InChI is InChI=1S/C24H28N4O2S/c1-15-4-5-20-21(13-15)31-24(26-20)27-23(30)18-6-8-28(9-7-18)14-22(29)25-19-11-16(2)10-17(3)12-19/h4-5,10-13,18H,6-9,14H2,1-3H3,(H,25,29)(H,26,27,30). The number of likely N-dealkylation sites (tertiary alicyclic amines) is 1. The molecule has 1 aliphatic heterocycles. The second-order valence-electron chi connectivity index (χ2n) is 8.45. The third kappa shape index (κ3) is 5.48. The van der Waals surface area contributed by atoms with Gasteiger partial charge in [0.1, 0.15) is 0 Å². The maximum absolute atomic E-state index is 12.7. The van der Waals surface area contributed by atoms with E-state index in [0.29, 0.717) is 11.7 Å². The van der Waals surface area contributed by atoms with Crippen molar-refractivity contribution < 1.29 is 9.59 Å². The molecule has 0 radical (unpaired) electrons. The predicted octanol–water partition coefficient (Wildman–Crippen LogP) is 4.51. The van der Waals surface area contributed by atoms with Crippen LogP contribution in [0.25, 0.3) is 10.2 Å². The first-order chi connectivity index (χ1) is 14.9. The summed E-state index contributed by atoms with van der Waals surface area (Å²) in [5, 5.41) is 6.63. The van der Waals surface area contributed by atoms with Crippen LogP contribution in [0, 0.1) is 26.7 Å². The molecular formula is C24H28N4O2S. The highest BCUT2D eigenvalue weighted by atomic mass is 32.1. The number of piperidine rings is 1. The number of aryl methyl sites for hydroxylation is 3. The Labute approximate surface area is 186 Å². The lowest BCUT2D eigenvalue weighted by molar-refractivity contribution is -0.121. The predicted molar refractivity (Wildman–Crippen MR) is 127 cm³/mol. The van der Waals surface area contributed by atoms with Gasteiger partial charge in [-0.1, -0.05) is 23.5 Å². The van der Waals surface area contributed by atoms with E-state index in [2.05, 4.69) is 32.7 Å². The van der Waals surface area contributed by atoms with E-state index >= 15 is 0 Å². The van der Waals surface area contributed by atoms with E-state index in [1.807, 2.05) is 45.0 Å². The molecule has 2 heterocycles. The first-order valence-electron chi connectivity index (χ1n) is 10.6. The van der Waals surface area contributed by atoms with Gasteiger partial charge in [0.25, 0.3) is 0 Å². The topological polar surface area (TPSA) is 74.3 Å². The number of rotatable bonds is 5. The number of amides is 2. The number of hydrogen-bond donors (Lipinski definition) is 2. The fourth-order valence-electron chi connectivity index (χ4n) is 4.10. The van der Waals surface area contributed by atoms with Crippen molar-refractivity contribution in [3.05, 3.63) is 53.1 Å². The molecule has 0 saturated carbocycles. The van der Waals surface area contributed by atoms with Crippen LogP contribution in [0.15, 0.2) is 36.4 Å². The molecule has 1 saturated heterocycles. The number of nitrogens with zero attached hydrogens (tertiary/aromatic N) is 2. The van der Waals surface area contributed by atoms with Gasteiger partial charge in [0.15, 0.2) is 5.13 Å². The highest BCUT2D eigenvalue weighted by Gasteiger charge is 2.26. The first-order valence-corrected chi connectivity index (χ1v) is 11.5. The van der Waals surface area contributed by atoms with Crippen molar-refractivity contribution in [2.24, 2.45) is 5.92 Å². The van der Waals surface area contributed by atoms with E-state index in [-0.39, 0.29) is 17.7 Å². The van der Waals surface area contributed by atoms with E-state index in [0.717, 1.165) is 53.0 Å². The molecule has 0 aliphatic carbocycles. The number of fused-ring (bicyclic) bond motifs is 1. The van der Waals surface area contributed by atoms with Gasteiger partial charge in [0, 0.05) is 11.6 Å². The van der Waals surface area contributed by atoms with Gasteiger partial charge in [0.2, 0.25) is 11.8 Å². The Morgan fingerprint density at radius 3 is 2.42 bits per heavy atom. The molecular weight excluding hydrogens is 408 g/mol. The van der Waals surface area contributed by atoms with Crippen LogP contribution in [0.4, 0.5) is 10.8 Å². The van der Waals surface area contributed by atoms with Gasteiger partial charge in [-0.2, -0.15) is 0 Å². The average Bonchev–Trinajstić information content (AvgIpc) is 3.08. The van der Waals surface area contributed by atoms with Gasteiger partial charge in [-0.3, -0.25) is 14.5 Å². The lowest BCUT2D eigenvalue weighted by atomic mass is 9.96. The molecule has 2 amide bonds. The fraction of sp³-hybridized carbons (Fsp3) is 0.375. The Morgan fingerprint density at radius 1 is 1.00 bits per heavy atom. The van der Waals surface area contributed by atoms with E-state index in [1.165, 1.54) is 16.9 Å². The zero-order valence-electron chi connectivity index (χ0n) is 18.2. The van der Waals surface area contributed by atoms with Crippen LogP contribution >= 0.6 is 11.3 Å². The van der Waals surface area contributed by atoms with E-state index in [1.54, 1.807) is 0 Å². The smallest absolute Gasteiger partial charge is 0.238 e. The Balaban J connectivity index is 1.26. The lowest BCUT2D eigenvalue weighted by Crippen LogP contribution is -2.41. The van der Waals surface area contributed by atoms with Crippen molar-refractivity contribution in [3.63, 3.8) is 0 Å². The summed E-state index contributed by atoms with van der Waals surface area (Å²) in [5.74, 6) is -0.0414. The van der Waals surface area contributed by atoms with Crippen LogP contribution in [0.2, 0.25) is 0 Å². The second kappa shape index (κ2) is 9.16. The van der Waals surface area contributed by atoms with Crippen LogP contribution in [-0.4, -0.2) is 41.3 Å². The average molecular weight is 437 g/mol. The SMILES string of the molecule is Cc1cc(C)cc(NC(=O)CN2CCC(C(=O)Nc3nc4ccc(C)cc4s3)CC2)c1. The highest BCUT2D eigenvalue weighted by molar-refractivity contribution is 7.22. The number of thiazole rings is 1. The largest absolute Gasteiger partial charge is 0.325 e. The van der Waals surface area contributed by atoms with Crippen LogP contribution in [0.3, 0.4) is 0 Å². The molecule has 0 atom stereocenters. The number of benzene rings is 2. The van der Waals surface area contributed by atoms with E-state index in [4.69, 9.17) is 0 Å². The van der Waals surface area contributed by atoms with Gasteiger partial charge in [-0.25, -0.2) is 4.98 Å². The molecule has 31 heavy (non-hydrogen) atoms. The van der Waals surface area contributed by atoms with Crippen molar-refractivity contribution in [1.29, 1.82) is 0 Å². The third-order valence-corrected chi connectivity index (χ3v) is 6.54. The number of aromatic nitrogens is 1. The summed E-state index contributed by atoms with van der Waals surface area (Å²) in [6.45, 7) is 7.91. The van der Waals surface area contributed by atoms with Gasteiger partial charge in [-0.05, 0) is 87.7 Å². The summed E-state index contributed by atoms with van der Waals surface area (Å²) in [5.41, 5.74) is 5.19. The first kappa shape index (κ1) is 21.5. The molecule has 1 aliphatic rings. The zero-order valence-corrected chi connectivity index (χ0v) is 19.0. The second-order valence-corrected chi connectivity index (χ2v) is 9.49. The van der Waals surface area contributed by atoms with Gasteiger partial charge < -0.3 is 10.6 Å². The van der Waals surface area contributed by atoms with E-state index < -0.39 is 0 Å². The molecule has 162 valence electrons. The molecule has 0 spiro atoms. The number of anilines is 2. The van der Waals surface area contributed by atoms with Crippen molar-refractivity contribution in [2.75, 3.05) is 30.3 Å². The summed E-state index contributed by atoms with van der Waals surface area (Å²) >= 11 is 1.51. The minimum atomic E-state index is -0.0486. The summed E-state index contributed by atoms with van der Waals surface area (Å²) in [7, 11) is 0. The minimum absolute atomic E-state index is 0.0160. The third-order valence-electron chi connectivity index (χ3n) is 5.61. The summed E-state index contributed by atoms with van der Waals surface area (Å²) in [6.07, 6.45) is 1.49. The quantitative estimate of drug-likeness (QED) is 0.617. The molecule has 0 bridgehead atoms. The van der Waals surface area contributed by atoms with Gasteiger partial charge >= 0.3 is 0 Å². The number of carbonyl (C=O) groups is 2. The monoisotopic (exact) mass is 436 g/mol. The molecule has 3 aromatic rings. The summed E-state index contributed by atoms with van der Waals surface area (Å²) in [6, 6.07) is 12.1. The van der Waals surface area contributed by atoms with Gasteiger partial charge in [0.05, 0.1) is 16.8 Å². The number of nitrogens with one attached hydrogen (secondary N) is 2. The lowest BCUT2D eigenvalue weighted by Gasteiger charge is -2.30. The fourth-order valence-corrected chi connectivity index (χ4v) is 5.06. The zero-order chi connectivity index (χ0) is 22.0. The van der Waals surface area contributed by atoms with Crippen molar-refractivity contribution in [3.8, 4) is 0 Å². The molecule has 1 fully saturated rings. The Morgan fingerprint density at radius 2 is 1.71 bits per heavy atom. The molecule has 2 aromatic carbocycles. The Hall–Kier alpha value is -2.77. The van der Waals surface area contributed by atoms with Crippen molar-refractivity contribution >= 4 is 44.2 Å². The van der Waals surface area contributed by atoms with Gasteiger partial charge in [-0.15, -0.1) is 0 Å². The molecule has 6 nitrogen and oxygen atoms in total. The van der Waals surface area contributed by atoms with E-state index in [9.17, 15) is 9.59 Å². The van der Waals surface area contributed by atoms with Crippen LogP contribution in [0.1, 0.15) is 29.5 Å². The highest BCUT2D eigenvalue weighted by Crippen LogP contribution is 2.28. The van der Waals surface area contributed by atoms with Crippen LogP contribution in [0.5, 0.6) is 0 Å². The van der Waals surface area contributed by atoms with Crippen molar-refractivity contribution in [1.82, 2.24) is 9.88 Å². The minimum Gasteiger partial charge on any atom is -0.325 e.